The molecule has 6 nitrogen and oxygen atoms in total. The van der Waals surface area contributed by atoms with Crippen molar-refractivity contribution in [2.24, 2.45) is 7.05 Å². The first kappa shape index (κ1) is 12.2. The van der Waals surface area contributed by atoms with E-state index in [4.69, 9.17) is 0 Å². The van der Waals surface area contributed by atoms with E-state index in [0.717, 1.165) is 0 Å². The van der Waals surface area contributed by atoms with Gasteiger partial charge in [-0.3, -0.25) is 14.3 Å². The Bertz CT molecular complexity index is 582. The number of imidazole rings is 1. The third-order valence-corrected chi connectivity index (χ3v) is 2.59. The van der Waals surface area contributed by atoms with Crippen LogP contribution in [-0.2, 0) is 13.6 Å². The standard InChI is InChI=1S/C12H14N4O2/c1-3-16-6-9(5-14-16)11(17)4-12(18)10-7-15(2)8-13-10/h5-8H,3-4H2,1-2H3. The van der Waals surface area contributed by atoms with Crippen molar-refractivity contribution in [3.8, 4) is 0 Å². The van der Waals surface area contributed by atoms with Gasteiger partial charge in [-0.1, -0.05) is 0 Å². The van der Waals surface area contributed by atoms with Gasteiger partial charge in [0.05, 0.1) is 24.5 Å². The van der Waals surface area contributed by atoms with E-state index in [1.165, 1.54) is 12.5 Å². The minimum absolute atomic E-state index is 0.174. The molecular weight excluding hydrogens is 232 g/mol. The molecular formula is C12H14N4O2. The lowest BCUT2D eigenvalue weighted by Crippen LogP contribution is -2.08. The molecule has 0 atom stereocenters. The summed E-state index contributed by atoms with van der Waals surface area (Å²) < 4.78 is 3.32. The van der Waals surface area contributed by atoms with Crippen LogP contribution in [0.2, 0.25) is 0 Å². The molecule has 0 aromatic carbocycles. The van der Waals surface area contributed by atoms with Gasteiger partial charge in [-0.25, -0.2) is 4.98 Å². The van der Waals surface area contributed by atoms with Crippen LogP contribution in [0.25, 0.3) is 0 Å². The van der Waals surface area contributed by atoms with Crippen LogP contribution in [0.3, 0.4) is 0 Å². The lowest BCUT2D eigenvalue weighted by molar-refractivity contribution is 0.0891. The van der Waals surface area contributed by atoms with Gasteiger partial charge in [-0.05, 0) is 6.92 Å². The second-order valence-electron chi connectivity index (χ2n) is 4.03. The van der Waals surface area contributed by atoms with Gasteiger partial charge < -0.3 is 4.57 Å². The number of aryl methyl sites for hydroxylation is 2. The molecule has 2 aromatic rings. The quantitative estimate of drug-likeness (QED) is 0.585. The molecule has 0 aliphatic carbocycles. The van der Waals surface area contributed by atoms with Crippen molar-refractivity contribution in [1.82, 2.24) is 19.3 Å². The van der Waals surface area contributed by atoms with Crippen molar-refractivity contribution in [1.29, 1.82) is 0 Å². The molecule has 2 heterocycles. The molecule has 0 amide bonds. The van der Waals surface area contributed by atoms with Crippen LogP contribution in [-0.4, -0.2) is 30.9 Å². The Morgan fingerprint density at radius 1 is 1.28 bits per heavy atom. The van der Waals surface area contributed by atoms with Crippen LogP contribution in [0.15, 0.2) is 24.9 Å². The van der Waals surface area contributed by atoms with E-state index in [2.05, 4.69) is 10.1 Å². The third kappa shape index (κ3) is 2.53. The van der Waals surface area contributed by atoms with E-state index in [1.807, 2.05) is 6.92 Å². The Morgan fingerprint density at radius 2 is 2.06 bits per heavy atom. The summed E-state index contributed by atoms with van der Waals surface area (Å²) in [6.07, 6.45) is 6.09. The lowest BCUT2D eigenvalue weighted by Gasteiger charge is -1.95. The monoisotopic (exact) mass is 246 g/mol. The van der Waals surface area contributed by atoms with E-state index < -0.39 is 0 Å². The third-order valence-electron chi connectivity index (χ3n) is 2.59. The summed E-state index contributed by atoms with van der Waals surface area (Å²) >= 11 is 0. The number of aromatic nitrogens is 4. The highest BCUT2D eigenvalue weighted by Gasteiger charge is 2.16. The van der Waals surface area contributed by atoms with E-state index in [0.29, 0.717) is 17.8 Å². The Kier molecular flexibility index (Phi) is 3.36. The average molecular weight is 246 g/mol. The summed E-state index contributed by atoms with van der Waals surface area (Å²) in [5.41, 5.74) is 0.773. The second-order valence-corrected chi connectivity index (χ2v) is 4.03. The van der Waals surface area contributed by atoms with Gasteiger partial charge in [0.15, 0.2) is 11.6 Å². The van der Waals surface area contributed by atoms with E-state index in [1.54, 1.807) is 28.7 Å². The number of hydrogen-bond acceptors (Lipinski definition) is 4. The maximum Gasteiger partial charge on any atom is 0.190 e. The van der Waals surface area contributed by atoms with Crippen molar-refractivity contribution in [2.45, 2.75) is 19.9 Å². The van der Waals surface area contributed by atoms with Gasteiger partial charge in [-0.15, -0.1) is 0 Å². The minimum Gasteiger partial charge on any atom is -0.340 e. The van der Waals surface area contributed by atoms with Gasteiger partial charge in [0.2, 0.25) is 0 Å². The maximum atomic E-state index is 11.9. The van der Waals surface area contributed by atoms with E-state index in [-0.39, 0.29) is 18.0 Å². The molecule has 94 valence electrons. The molecule has 2 aromatic heterocycles. The molecule has 18 heavy (non-hydrogen) atoms. The number of hydrogen-bond donors (Lipinski definition) is 0. The molecule has 0 fully saturated rings. The van der Waals surface area contributed by atoms with Crippen LogP contribution in [0.1, 0.15) is 34.2 Å². The van der Waals surface area contributed by atoms with Gasteiger partial charge >= 0.3 is 0 Å². The van der Waals surface area contributed by atoms with Crippen LogP contribution in [0.5, 0.6) is 0 Å². The number of nitrogens with zero attached hydrogens (tertiary/aromatic N) is 4. The molecule has 0 spiro atoms. The fraction of sp³-hybridized carbons (Fsp3) is 0.333. The predicted molar refractivity (Wildman–Crippen MR) is 64.4 cm³/mol. The highest BCUT2D eigenvalue weighted by Crippen LogP contribution is 2.07. The molecule has 2 rings (SSSR count). The van der Waals surface area contributed by atoms with Crippen LogP contribution in [0.4, 0.5) is 0 Å². The minimum atomic E-state index is -0.273. The number of ketones is 2. The zero-order chi connectivity index (χ0) is 13.1. The summed E-state index contributed by atoms with van der Waals surface area (Å²) in [6.45, 7) is 2.63. The Morgan fingerprint density at radius 3 is 2.61 bits per heavy atom. The first-order chi connectivity index (χ1) is 8.60. The van der Waals surface area contributed by atoms with Crippen molar-refractivity contribution in [3.63, 3.8) is 0 Å². The second kappa shape index (κ2) is 4.95. The fourth-order valence-electron chi connectivity index (χ4n) is 1.58. The normalized spacial score (nSPS) is 10.6. The summed E-state index contributed by atoms with van der Waals surface area (Å²) in [5, 5.41) is 4.00. The van der Waals surface area contributed by atoms with Crippen molar-refractivity contribution in [2.75, 3.05) is 0 Å². The smallest absolute Gasteiger partial charge is 0.190 e. The highest BCUT2D eigenvalue weighted by atomic mass is 16.1. The SMILES string of the molecule is CCn1cc(C(=O)CC(=O)c2cn(C)cn2)cn1. The van der Waals surface area contributed by atoms with Crippen molar-refractivity contribution < 1.29 is 9.59 Å². The molecule has 0 saturated carbocycles. The Balaban J connectivity index is 2.05. The van der Waals surface area contributed by atoms with Gasteiger partial charge in [0.25, 0.3) is 0 Å². The van der Waals surface area contributed by atoms with Gasteiger partial charge in [0.1, 0.15) is 5.69 Å². The summed E-state index contributed by atoms with van der Waals surface area (Å²) in [7, 11) is 1.77. The van der Waals surface area contributed by atoms with Crippen molar-refractivity contribution >= 4 is 11.6 Å². The first-order valence-corrected chi connectivity index (χ1v) is 5.67. The zero-order valence-corrected chi connectivity index (χ0v) is 10.3. The average Bonchev–Trinajstić information content (AvgIpc) is 2.97. The summed E-state index contributed by atoms with van der Waals surface area (Å²) in [6, 6.07) is 0. The van der Waals surface area contributed by atoms with E-state index in [9.17, 15) is 9.59 Å². The largest absolute Gasteiger partial charge is 0.340 e. The predicted octanol–water partition coefficient (Wildman–Crippen LogP) is 1.09. The molecule has 0 saturated heterocycles. The number of Topliss-reactive ketones (excluding diaryl/α,β-unsaturated/α-hetero) is 2. The number of carbonyl (C=O) groups is 2. The topological polar surface area (TPSA) is 69.8 Å². The zero-order valence-electron chi connectivity index (χ0n) is 10.3. The Labute approximate surface area is 104 Å². The van der Waals surface area contributed by atoms with Crippen LogP contribution < -0.4 is 0 Å². The van der Waals surface area contributed by atoms with Crippen molar-refractivity contribution in [3.05, 3.63) is 36.2 Å². The highest BCUT2D eigenvalue weighted by molar-refractivity contribution is 6.12. The molecule has 0 radical (unpaired) electrons. The van der Waals surface area contributed by atoms with Crippen LogP contribution in [0, 0.1) is 0 Å². The molecule has 0 N–H and O–H groups in total. The fourth-order valence-corrected chi connectivity index (χ4v) is 1.58. The molecule has 0 aliphatic rings. The number of rotatable bonds is 5. The molecule has 0 unspecified atom stereocenters. The van der Waals surface area contributed by atoms with Crippen LogP contribution >= 0.6 is 0 Å². The molecule has 6 heteroatoms. The maximum absolute atomic E-state index is 11.9. The van der Waals surface area contributed by atoms with E-state index >= 15 is 0 Å². The number of carbonyl (C=O) groups excluding carboxylic acids is 2. The Hall–Kier alpha value is -2.24. The summed E-state index contributed by atoms with van der Waals surface area (Å²) in [4.78, 5) is 27.6. The lowest BCUT2D eigenvalue weighted by atomic mass is 10.1. The molecule has 0 bridgehead atoms. The molecule has 0 aliphatic heterocycles. The summed E-state index contributed by atoms with van der Waals surface area (Å²) in [5.74, 6) is -0.504. The van der Waals surface area contributed by atoms with Gasteiger partial charge in [-0.2, -0.15) is 5.10 Å². The first-order valence-electron chi connectivity index (χ1n) is 5.67. The van der Waals surface area contributed by atoms with Gasteiger partial charge in [0, 0.05) is 26.0 Å².